The van der Waals surface area contributed by atoms with E-state index in [0.717, 1.165) is 24.3 Å². The van der Waals surface area contributed by atoms with Crippen LogP contribution in [0.1, 0.15) is 13.3 Å². The van der Waals surface area contributed by atoms with Gasteiger partial charge in [-0.05, 0) is 12.5 Å². The minimum absolute atomic E-state index is 0.545. The van der Waals surface area contributed by atoms with Crippen LogP contribution in [-0.4, -0.2) is 18.1 Å². The molecule has 58 valence electrons. The Morgan fingerprint density at radius 2 is 2.30 bits per heavy atom. The molecule has 2 nitrogen and oxygen atoms in total. The highest BCUT2D eigenvalue weighted by Crippen LogP contribution is 1.88. The molecule has 0 unspecified atom stereocenters. The summed E-state index contributed by atoms with van der Waals surface area (Å²) >= 11 is 4.74. The van der Waals surface area contributed by atoms with Crippen LogP contribution in [0.2, 0.25) is 0 Å². The molecular weight excluding hydrogens is 144 g/mol. The Hall–Kier alpha value is -0.440. The first kappa shape index (κ1) is 9.56. The smallest absolute Gasteiger partial charge is 0.120 e. The van der Waals surface area contributed by atoms with Crippen molar-refractivity contribution in [1.29, 1.82) is 0 Å². The van der Waals surface area contributed by atoms with E-state index in [9.17, 15) is 0 Å². The van der Waals surface area contributed by atoms with Crippen LogP contribution in [0.25, 0.3) is 0 Å². The van der Waals surface area contributed by atoms with E-state index in [2.05, 4.69) is 11.6 Å². The minimum Gasteiger partial charge on any atom is -0.793 e. The molecule has 0 fully saturated rings. The van der Waals surface area contributed by atoms with Crippen molar-refractivity contribution in [2.45, 2.75) is 13.3 Å². The second kappa shape index (κ2) is 5.35. The summed E-state index contributed by atoms with van der Waals surface area (Å²) < 4.78 is 0. The number of nitrogens with two attached hydrogens (primary N) is 1. The second-order valence-corrected chi connectivity index (χ2v) is 2.51. The molecule has 0 saturated carbocycles. The Bertz CT molecular complexity index is 141. The predicted octanol–water partition coefficient (Wildman–Crippen LogP) is 0.857. The Labute approximate surface area is 67.6 Å². The number of hydrogen-bond donors (Lipinski definition) is 1. The highest BCUT2D eigenvalue weighted by molar-refractivity contribution is 7.58. The van der Waals surface area contributed by atoms with Crippen molar-refractivity contribution < 1.29 is 0 Å². The van der Waals surface area contributed by atoms with Gasteiger partial charge in [0.2, 0.25) is 0 Å². The average Bonchev–Trinajstić information content (AvgIpc) is 1.88. The summed E-state index contributed by atoms with van der Waals surface area (Å²) in [5.41, 5.74) is 6.30. The van der Waals surface area contributed by atoms with Gasteiger partial charge >= 0.3 is 0 Å². The van der Waals surface area contributed by atoms with Crippen LogP contribution in [0.15, 0.2) is 17.1 Å². The van der Waals surface area contributed by atoms with Crippen LogP contribution < -0.4 is 5.73 Å². The summed E-state index contributed by atoms with van der Waals surface area (Å²) in [5, 5.41) is 0. The molecule has 10 heavy (non-hydrogen) atoms. The molecule has 0 aliphatic carbocycles. The van der Waals surface area contributed by atoms with Gasteiger partial charge in [-0.25, -0.2) is 0 Å². The number of aliphatic imine (C=N–C) groups is 1. The molecule has 0 aromatic rings. The zero-order valence-electron chi connectivity index (χ0n) is 6.26. The zero-order chi connectivity index (χ0) is 7.98. The quantitative estimate of drug-likeness (QED) is 0.284. The molecule has 0 amide bonds. The fourth-order valence-electron chi connectivity index (χ4n) is 0.399. The summed E-state index contributed by atoms with van der Waals surface area (Å²) in [6, 6.07) is 0. The molecule has 0 aliphatic rings. The third-order valence-electron chi connectivity index (χ3n) is 1.02. The summed E-state index contributed by atoms with van der Waals surface area (Å²) in [7, 11) is 0. The van der Waals surface area contributed by atoms with E-state index in [1.54, 1.807) is 0 Å². The van der Waals surface area contributed by atoms with E-state index in [0.29, 0.717) is 5.84 Å². The molecule has 0 aliphatic heterocycles. The van der Waals surface area contributed by atoms with Crippen molar-refractivity contribution in [3.8, 4) is 0 Å². The van der Waals surface area contributed by atoms with E-state index in [1.165, 1.54) is 0 Å². The van der Waals surface area contributed by atoms with Gasteiger partial charge in [0.05, 0.1) is 0 Å². The molecule has 0 rings (SSSR count). The lowest BCUT2D eigenvalue weighted by molar-refractivity contribution is 0.942. The number of nitrogens with zero attached hydrogens (tertiary/aromatic N) is 1. The number of amidine groups is 1. The summed E-state index contributed by atoms with van der Waals surface area (Å²) in [5.74, 6) is 1.29. The second-order valence-electron chi connectivity index (χ2n) is 2.10. The highest BCUT2D eigenvalue weighted by Gasteiger charge is 1.88. The van der Waals surface area contributed by atoms with Gasteiger partial charge in [0.15, 0.2) is 0 Å². The number of hydrogen-bond acceptors (Lipinski definition) is 2. The molecule has 0 atom stereocenters. The Morgan fingerprint density at radius 3 is 2.70 bits per heavy atom. The lowest BCUT2D eigenvalue weighted by atomic mass is 10.3. The Morgan fingerprint density at radius 1 is 1.70 bits per heavy atom. The van der Waals surface area contributed by atoms with Gasteiger partial charge in [-0.3, -0.25) is 4.99 Å². The molecule has 0 radical (unpaired) electrons. The highest BCUT2D eigenvalue weighted by atomic mass is 32.1. The molecule has 2 N–H and O–H groups in total. The Kier molecular flexibility index (Phi) is 5.12. The van der Waals surface area contributed by atoms with Crippen molar-refractivity contribution in [2.24, 2.45) is 10.7 Å². The first-order valence-electron chi connectivity index (χ1n) is 3.22. The third-order valence-corrected chi connectivity index (χ3v) is 1.31. The minimum atomic E-state index is 0.545. The molecule has 0 spiro atoms. The van der Waals surface area contributed by atoms with Gasteiger partial charge in [0.25, 0.3) is 0 Å². The van der Waals surface area contributed by atoms with Crippen molar-refractivity contribution in [3.05, 3.63) is 12.2 Å². The molecule has 0 aromatic carbocycles. The van der Waals surface area contributed by atoms with Crippen LogP contribution in [0.3, 0.4) is 0 Å². The van der Waals surface area contributed by atoms with Gasteiger partial charge < -0.3 is 18.4 Å². The fourth-order valence-corrected chi connectivity index (χ4v) is 0.528. The van der Waals surface area contributed by atoms with Gasteiger partial charge in [0.1, 0.15) is 5.84 Å². The molecule has 0 aromatic heterocycles. The van der Waals surface area contributed by atoms with E-state index < -0.39 is 0 Å². The van der Waals surface area contributed by atoms with Crippen molar-refractivity contribution >= 4 is 18.5 Å². The zero-order valence-corrected chi connectivity index (χ0v) is 7.08. The summed E-state index contributed by atoms with van der Waals surface area (Å²) in [6.07, 6.45) is 0.920. The maximum absolute atomic E-state index is 5.47. The van der Waals surface area contributed by atoms with Crippen LogP contribution in [0.4, 0.5) is 0 Å². The van der Waals surface area contributed by atoms with Crippen molar-refractivity contribution in [2.75, 3.05) is 12.3 Å². The normalized spacial score (nSPS) is 11.6. The van der Waals surface area contributed by atoms with Gasteiger partial charge in [-0.15, -0.1) is 0 Å². The maximum atomic E-state index is 5.47. The van der Waals surface area contributed by atoms with Crippen molar-refractivity contribution in [1.82, 2.24) is 0 Å². The van der Waals surface area contributed by atoms with E-state index in [1.807, 2.05) is 6.92 Å². The van der Waals surface area contributed by atoms with Crippen molar-refractivity contribution in [3.63, 3.8) is 0 Å². The lowest BCUT2D eigenvalue weighted by Gasteiger charge is -2.00. The predicted molar refractivity (Wildman–Crippen MR) is 48.2 cm³/mol. The fraction of sp³-hybridized carbons (Fsp3) is 0.571. The van der Waals surface area contributed by atoms with Crippen LogP contribution in [-0.2, 0) is 12.6 Å². The van der Waals surface area contributed by atoms with Gasteiger partial charge in [-0.1, -0.05) is 13.0 Å². The van der Waals surface area contributed by atoms with E-state index in [4.69, 9.17) is 18.4 Å². The molecule has 0 heterocycles. The Balaban J connectivity index is 3.58. The van der Waals surface area contributed by atoms with E-state index >= 15 is 0 Å². The standard InChI is InChI=1S/C7H14N2S/c1-6(2)7(8)9-4-3-5-10/h10H,1,3-5H2,2H3,(H2,8,9)/p-1. The third kappa shape index (κ3) is 4.44. The summed E-state index contributed by atoms with van der Waals surface area (Å²) in [4.78, 5) is 4.04. The largest absolute Gasteiger partial charge is 0.793 e. The number of rotatable bonds is 4. The topological polar surface area (TPSA) is 38.4 Å². The van der Waals surface area contributed by atoms with Crippen LogP contribution in [0.5, 0.6) is 0 Å². The SMILES string of the molecule is C=C(C)C(N)=NCCC[S-]. The molecule has 0 bridgehead atoms. The average molecular weight is 157 g/mol. The first-order chi connectivity index (χ1) is 4.68. The lowest BCUT2D eigenvalue weighted by Crippen LogP contribution is -2.12. The van der Waals surface area contributed by atoms with E-state index in [-0.39, 0.29) is 0 Å². The van der Waals surface area contributed by atoms with Gasteiger partial charge in [-0.2, -0.15) is 5.75 Å². The van der Waals surface area contributed by atoms with Crippen LogP contribution >= 0.6 is 0 Å². The first-order valence-corrected chi connectivity index (χ1v) is 3.80. The molecular formula is C7H13N2S-. The maximum Gasteiger partial charge on any atom is 0.120 e. The summed E-state index contributed by atoms with van der Waals surface area (Å²) in [6.45, 7) is 6.22. The van der Waals surface area contributed by atoms with Gasteiger partial charge in [0, 0.05) is 6.54 Å². The monoisotopic (exact) mass is 157 g/mol. The molecule has 0 saturated heterocycles. The molecule has 3 heteroatoms. The van der Waals surface area contributed by atoms with Crippen LogP contribution in [0, 0.1) is 0 Å².